The third-order valence-corrected chi connectivity index (χ3v) is 2.82. The molecule has 1 fully saturated rings. The summed E-state index contributed by atoms with van der Waals surface area (Å²) < 4.78 is 74.1. The molecule has 21 heavy (non-hydrogen) atoms. The molecular weight excluding hydrogens is 308 g/mol. The highest BCUT2D eigenvalue weighted by molar-refractivity contribution is 5.83. The second-order valence-electron chi connectivity index (χ2n) is 4.33. The largest absolute Gasteiger partial charge is 0.471 e. The van der Waals surface area contributed by atoms with Gasteiger partial charge >= 0.3 is 24.2 Å². The first kappa shape index (κ1) is 17.5. The second-order valence-corrected chi connectivity index (χ2v) is 4.33. The molecule has 0 bridgehead atoms. The quantitative estimate of drug-likeness (QED) is 0.656. The fourth-order valence-corrected chi connectivity index (χ4v) is 1.78. The number of alkyl halides is 6. The Morgan fingerprint density at radius 1 is 0.714 bits per heavy atom. The molecule has 0 radical (unpaired) electrons. The molecule has 1 rings (SSSR count). The van der Waals surface area contributed by atoms with Gasteiger partial charge in [0, 0.05) is 39.3 Å². The van der Waals surface area contributed by atoms with Crippen LogP contribution in [-0.4, -0.2) is 73.2 Å². The van der Waals surface area contributed by atoms with Gasteiger partial charge < -0.3 is 15.1 Å². The molecule has 1 aliphatic rings. The number of nitrogens with zero attached hydrogens (tertiary/aromatic N) is 2. The number of nitrogens with one attached hydrogen (secondary N) is 1. The molecule has 0 atom stereocenters. The highest BCUT2D eigenvalue weighted by Crippen LogP contribution is 2.20. The van der Waals surface area contributed by atoms with E-state index >= 15 is 0 Å². The maximum absolute atomic E-state index is 12.3. The molecule has 11 heteroatoms. The summed E-state index contributed by atoms with van der Waals surface area (Å²) in [5.41, 5.74) is 0. The Morgan fingerprint density at radius 2 is 1.05 bits per heavy atom. The van der Waals surface area contributed by atoms with Gasteiger partial charge in [0.15, 0.2) is 0 Å². The van der Waals surface area contributed by atoms with E-state index in [1.807, 2.05) is 0 Å². The van der Waals surface area contributed by atoms with E-state index in [2.05, 4.69) is 5.32 Å². The van der Waals surface area contributed by atoms with E-state index in [-0.39, 0.29) is 26.2 Å². The van der Waals surface area contributed by atoms with Crippen LogP contribution in [0.4, 0.5) is 26.3 Å². The number of hydrogen-bond acceptors (Lipinski definition) is 3. The van der Waals surface area contributed by atoms with Gasteiger partial charge in [0.25, 0.3) is 0 Å². The Kier molecular flexibility index (Phi) is 5.42. The van der Waals surface area contributed by atoms with Gasteiger partial charge in [-0.1, -0.05) is 0 Å². The van der Waals surface area contributed by atoms with Gasteiger partial charge in [-0.15, -0.1) is 0 Å². The molecule has 0 aromatic carbocycles. The van der Waals surface area contributed by atoms with Crippen LogP contribution in [0.3, 0.4) is 0 Å². The summed E-state index contributed by atoms with van der Waals surface area (Å²) in [4.78, 5) is 23.0. The Bertz CT molecular complexity index is 359. The summed E-state index contributed by atoms with van der Waals surface area (Å²) in [6.07, 6.45) is -10.2. The predicted octanol–water partition coefficient (Wildman–Crippen LogP) is 0.371. The molecule has 0 aromatic rings. The smallest absolute Gasteiger partial charge is 0.332 e. The zero-order valence-corrected chi connectivity index (χ0v) is 10.7. The molecule has 0 aromatic heterocycles. The van der Waals surface area contributed by atoms with Gasteiger partial charge in [0.05, 0.1) is 0 Å². The van der Waals surface area contributed by atoms with Crippen molar-refractivity contribution in [2.24, 2.45) is 0 Å². The van der Waals surface area contributed by atoms with Gasteiger partial charge in [0.2, 0.25) is 0 Å². The predicted molar refractivity (Wildman–Crippen MR) is 58.1 cm³/mol. The molecular formula is C10H13F6N3O2. The second kappa shape index (κ2) is 6.50. The minimum atomic E-state index is -5.10. The maximum Gasteiger partial charge on any atom is 0.471 e. The van der Waals surface area contributed by atoms with Crippen LogP contribution in [0.2, 0.25) is 0 Å². The molecule has 1 N–H and O–H groups in total. The third kappa shape index (κ3) is 5.06. The first-order chi connectivity index (χ1) is 9.53. The lowest BCUT2D eigenvalue weighted by Gasteiger charge is -2.27. The van der Waals surface area contributed by atoms with Crippen LogP contribution in [0.15, 0.2) is 0 Å². The van der Waals surface area contributed by atoms with Crippen molar-refractivity contribution in [1.29, 1.82) is 0 Å². The molecule has 5 nitrogen and oxygen atoms in total. The van der Waals surface area contributed by atoms with Crippen molar-refractivity contribution in [1.82, 2.24) is 15.1 Å². The summed E-state index contributed by atoms with van der Waals surface area (Å²) in [5, 5.41) is 2.58. The van der Waals surface area contributed by atoms with Crippen molar-refractivity contribution in [2.45, 2.75) is 12.4 Å². The van der Waals surface area contributed by atoms with E-state index in [4.69, 9.17) is 0 Å². The Balaban J connectivity index is 2.78. The summed E-state index contributed by atoms with van der Waals surface area (Å²) in [7, 11) is 0. The zero-order chi connectivity index (χ0) is 16.3. The Labute approximate surface area is 115 Å². The van der Waals surface area contributed by atoms with Gasteiger partial charge in [-0.2, -0.15) is 26.3 Å². The van der Waals surface area contributed by atoms with Crippen LogP contribution in [0.5, 0.6) is 0 Å². The summed E-state index contributed by atoms with van der Waals surface area (Å²) in [5.74, 6) is -4.27. The minimum Gasteiger partial charge on any atom is -0.332 e. The maximum atomic E-state index is 12.3. The standard InChI is InChI=1S/C10H13F6N3O2/c11-9(12,13)7(20)18-3-1-17-2-4-19(6-5-18)8(21)10(14,15)16/h17H,1-6H2. The monoisotopic (exact) mass is 321 g/mol. The third-order valence-electron chi connectivity index (χ3n) is 2.82. The molecule has 2 amide bonds. The van der Waals surface area contributed by atoms with Gasteiger partial charge in [0.1, 0.15) is 0 Å². The fourth-order valence-electron chi connectivity index (χ4n) is 1.78. The van der Waals surface area contributed by atoms with E-state index < -0.39 is 37.3 Å². The van der Waals surface area contributed by atoms with Crippen molar-refractivity contribution in [2.75, 3.05) is 39.3 Å². The van der Waals surface area contributed by atoms with E-state index in [9.17, 15) is 35.9 Å². The number of rotatable bonds is 0. The van der Waals surface area contributed by atoms with Gasteiger partial charge in [-0.05, 0) is 0 Å². The number of carbonyl (C=O) groups excluding carboxylic acids is 2. The van der Waals surface area contributed by atoms with E-state index in [0.717, 1.165) is 0 Å². The fraction of sp³-hybridized carbons (Fsp3) is 0.800. The molecule has 1 heterocycles. The average molecular weight is 321 g/mol. The van der Waals surface area contributed by atoms with Crippen molar-refractivity contribution in [3.63, 3.8) is 0 Å². The first-order valence-corrected chi connectivity index (χ1v) is 5.96. The van der Waals surface area contributed by atoms with Crippen molar-refractivity contribution in [3.8, 4) is 0 Å². The van der Waals surface area contributed by atoms with Crippen LogP contribution in [0.1, 0.15) is 0 Å². The Morgan fingerprint density at radius 3 is 1.33 bits per heavy atom. The molecule has 1 aliphatic heterocycles. The van der Waals surface area contributed by atoms with Crippen LogP contribution in [0.25, 0.3) is 0 Å². The van der Waals surface area contributed by atoms with Gasteiger partial charge in [-0.3, -0.25) is 9.59 Å². The van der Waals surface area contributed by atoms with E-state index in [0.29, 0.717) is 9.80 Å². The summed E-state index contributed by atoms with van der Waals surface area (Å²) in [6.45, 7) is -1.83. The minimum absolute atomic E-state index is 0.00410. The van der Waals surface area contributed by atoms with Crippen LogP contribution >= 0.6 is 0 Å². The lowest BCUT2D eigenvalue weighted by Crippen LogP contribution is -2.48. The molecule has 1 saturated heterocycles. The number of halogens is 6. The highest BCUT2D eigenvalue weighted by Gasteiger charge is 2.44. The molecule has 0 aliphatic carbocycles. The van der Waals surface area contributed by atoms with Gasteiger partial charge in [-0.25, -0.2) is 0 Å². The Hall–Kier alpha value is -1.52. The van der Waals surface area contributed by atoms with E-state index in [1.54, 1.807) is 0 Å². The van der Waals surface area contributed by atoms with Crippen molar-refractivity contribution < 1.29 is 35.9 Å². The molecule has 122 valence electrons. The summed E-state index contributed by atoms with van der Waals surface area (Å²) >= 11 is 0. The zero-order valence-electron chi connectivity index (χ0n) is 10.7. The lowest BCUT2D eigenvalue weighted by atomic mass is 10.3. The molecule has 0 saturated carbocycles. The SMILES string of the molecule is O=C(N1CCNCCN(C(=O)C(F)(F)F)CC1)C(F)(F)F. The molecule has 0 spiro atoms. The summed E-state index contributed by atoms with van der Waals surface area (Å²) in [6, 6.07) is 0. The van der Waals surface area contributed by atoms with Crippen molar-refractivity contribution in [3.05, 3.63) is 0 Å². The molecule has 0 unspecified atom stereocenters. The average Bonchev–Trinajstić information content (AvgIpc) is 2.46. The van der Waals surface area contributed by atoms with Crippen LogP contribution in [0, 0.1) is 0 Å². The highest BCUT2D eigenvalue weighted by atomic mass is 19.4. The topological polar surface area (TPSA) is 52.7 Å². The number of amides is 2. The van der Waals surface area contributed by atoms with E-state index in [1.165, 1.54) is 0 Å². The lowest BCUT2D eigenvalue weighted by molar-refractivity contribution is -0.188. The van der Waals surface area contributed by atoms with Crippen molar-refractivity contribution >= 4 is 11.8 Å². The first-order valence-electron chi connectivity index (χ1n) is 5.96. The number of hydrogen-bond donors (Lipinski definition) is 1. The number of carbonyl (C=O) groups is 2. The van der Waals surface area contributed by atoms with Crippen LogP contribution in [-0.2, 0) is 9.59 Å². The normalized spacial score (nSPS) is 18.8. The van der Waals surface area contributed by atoms with Crippen LogP contribution < -0.4 is 5.32 Å².